The van der Waals surface area contributed by atoms with Crippen molar-refractivity contribution in [3.05, 3.63) is 82.7 Å². The van der Waals surface area contributed by atoms with Gasteiger partial charge >= 0.3 is 5.91 Å². The molecule has 1 aromatic carbocycles. The highest BCUT2D eigenvalue weighted by Gasteiger charge is 2.13. The van der Waals surface area contributed by atoms with Gasteiger partial charge < -0.3 is 8.98 Å². The van der Waals surface area contributed by atoms with E-state index in [2.05, 4.69) is 10.9 Å². The summed E-state index contributed by atoms with van der Waals surface area (Å²) in [6.45, 7) is -0.237. The SMILES string of the molecule is O=C(Cn1ccccc1=O)NNC(=O)c1ccc(-c2ccc(F)cc2)o1. The summed E-state index contributed by atoms with van der Waals surface area (Å²) in [6.07, 6.45) is 1.46. The average molecular weight is 355 g/mol. The van der Waals surface area contributed by atoms with Gasteiger partial charge in [0.1, 0.15) is 18.1 Å². The van der Waals surface area contributed by atoms with E-state index >= 15 is 0 Å². The molecule has 0 unspecified atom stereocenters. The van der Waals surface area contributed by atoms with Crippen molar-refractivity contribution in [2.75, 3.05) is 0 Å². The quantitative estimate of drug-likeness (QED) is 0.697. The number of rotatable bonds is 4. The van der Waals surface area contributed by atoms with Gasteiger partial charge in [0.15, 0.2) is 5.76 Å². The summed E-state index contributed by atoms with van der Waals surface area (Å²) in [5.74, 6) is -1.25. The molecule has 0 aliphatic rings. The zero-order chi connectivity index (χ0) is 18.5. The summed E-state index contributed by atoms with van der Waals surface area (Å²) in [6, 6.07) is 13.1. The molecule has 8 heteroatoms. The van der Waals surface area contributed by atoms with Crippen molar-refractivity contribution in [3.63, 3.8) is 0 Å². The first-order valence-corrected chi connectivity index (χ1v) is 7.63. The maximum atomic E-state index is 12.9. The summed E-state index contributed by atoms with van der Waals surface area (Å²) >= 11 is 0. The Morgan fingerprint density at radius 2 is 1.77 bits per heavy atom. The van der Waals surface area contributed by atoms with Crippen molar-refractivity contribution >= 4 is 11.8 Å². The monoisotopic (exact) mass is 355 g/mol. The van der Waals surface area contributed by atoms with Crippen LogP contribution in [0.3, 0.4) is 0 Å². The number of nitrogens with one attached hydrogen (secondary N) is 2. The van der Waals surface area contributed by atoms with Crippen LogP contribution in [-0.4, -0.2) is 16.4 Å². The van der Waals surface area contributed by atoms with Crippen LogP contribution in [0, 0.1) is 5.82 Å². The number of hydrazine groups is 1. The Bertz CT molecular complexity index is 992. The largest absolute Gasteiger partial charge is 0.451 e. The number of aromatic nitrogens is 1. The van der Waals surface area contributed by atoms with Gasteiger partial charge in [0.05, 0.1) is 0 Å². The van der Waals surface area contributed by atoms with Gasteiger partial charge in [-0.3, -0.25) is 25.2 Å². The van der Waals surface area contributed by atoms with E-state index < -0.39 is 11.8 Å². The number of pyridine rings is 1. The third kappa shape index (κ3) is 4.04. The number of halogens is 1. The molecule has 0 aliphatic heterocycles. The minimum Gasteiger partial charge on any atom is -0.451 e. The average Bonchev–Trinajstić information content (AvgIpc) is 3.12. The Morgan fingerprint density at radius 1 is 1.00 bits per heavy atom. The lowest BCUT2D eigenvalue weighted by Gasteiger charge is -2.07. The Labute approximate surface area is 147 Å². The molecule has 0 atom stereocenters. The standard InChI is InChI=1S/C18H14FN3O4/c19-13-6-4-12(5-7-13)14-8-9-15(26-14)18(25)21-20-16(23)11-22-10-2-1-3-17(22)24/h1-10H,11H2,(H,20,23)(H,21,25). The molecule has 0 spiro atoms. The van der Waals surface area contributed by atoms with Crippen molar-refractivity contribution in [2.24, 2.45) is 0 Å². The lowest BCUT2D eigenvalue weighted by molar-refractivity contribution is -0.122. The van der Waals surface area contributed by atoms with E-state index in [4.69, 9.17) is 4.42 Å². The van der Waals surface area contributed by atoms with E-state index in [1.54, 1.807) is 18.2 Å². The summed E-state index contributed by atoms with van der Waals surface area (Å²) in [7, 11) is 0. The molecule has 3 rings (SSSR count). The molecule has 0 aliphatic carbocycles. The first-order chi connectivity index (χ1) is 12.5. The molecule has 2 N–H and O–H groups in total. The molecule has 2 amide bonds. The molecular formula is C18H14FN3O4. The topological polar surface area (TPSA) is 93.3 Å². The first kappa shape index (κ1) is 17.2. The number of amides is 2. The Morgan fingerprint density at radius 3 is 2.50 bits per heavy atom. The highest BCUT2D eigenvalue weighted by atomic mass is 19.1. The van der Waals surface area contributed by atoms with Crippen LogP contribution in [0.2, 0.25) is 0 Å². The maximum absolute atomic E-state index is 12.9. The molecule has 26 heavy (non-hydrogen) atoms. The van der Waals surface area contributed by atoms with Gasteiger partial charge in [-0.1, -0.05) is 6.07 Å². The van der Waals surface area contributed by atoms with Gasteiger partial charge in [0, 0.05) is 17.8 Å². The predicted octanol–water partition coefficient (Wildman–Crippen LogP) is 1.71. The van der Waals surface area contributed by atoms with E-state index in [9.17, 15) is 18.8 Å². The van der Waals surface area contributed by atoms with Gasteiger partial charge in [-0.05, 0) is 42.5 Å². The molecule has 0 fully saturated rings. The van der Waals surface area contributed by atoms with E-state index in [0.717, 1.165) is 0 Å². The summed E-state index contributed by atoms with van der Waals surface area (Å²) in [4.78, 5) is 35.4. The van der Waals surface area contributed by atoms with Crippen molar-refractivity contribution in [3.8, 4) is 11.3 Å². The summed E-state index contributed by atoms with van der Waals surface area (Å²) < 4.78 is 19.5. The number of nitrogens with zero attached hydrogens (tertiary/aromatic N) is 1. The molecule has 0 radical (unpaired) electrons. The van der Waals surface area contributed by atoms with Crippen LogP contribution in [0.5, 0.6) is 0 Å². The smallest absolute Gasteiger partial charge is 0.305 e. The molecule has 132 valence electrons. The lowest BCUT2D eigenvalue weighted by Crippen LogP contribution is -2.44. The second kappa shape index (κ2) is 7.47. The second-order valence-electron chi connectivity index (χ2n) is 5.34. The zero-order valence-corrected chi connectivity index (χ0v) is 13.4. The minimum atomic E-state index is -0.660. The van der Waals surface area contributed by atoms with Crippen LogP contribution in [0.25, 0.3) is 11.3 Å². The fourth-order valence-electron chi connectivity index (χ4n) is 2.20. The van der Waals surface area contributed by atoms with Gasteiger partial charge in [-0.15, -0.1) is 0 Å². The molecule has 3 aromatic rings. The molecule has 0 saturated heterocycles. The van der Waals surface area contributed by atoms with Gasteiger partial charge in [-0.25, -0.2) is 4.39 Å². The number of benzene rings is 1. The predicted molar refractivity (Wildman–Crippen MR) is 90.4 cm³/mol. The molecular weight excluding hydrogens is 341 g/mol. The Balaban J connectivity index is 1.58. The van der Waals surface area contributed by atoms with Crippen molar-refractivity contribution in [1.82, 2.24) is 15.4 Å². The second-order valence-corrected chi connectivity index (χ2v) is 5.34. The highest BCUT2D eigenvalue weighted by molar-refractivity contribution is 5.93. The molecule has 0 saturated carbocycles. The number of hydrogen-bond donors (Lipinski definition) is 2. The number of carbonyl (C=O) groups excluding carboxylic acids is 2. The molecule has 2 heterocycles. The van der Waals surface area contributed by atoms with E-state index in [1.165, 1.54) is 47.2 Å². The fourth-order valence-corrected chi connectivity index (χ4v) is 2.20. The third-order valence-corrected chi connectivity index (χ3v) is 3.49. The lowest BCUT2D eigenvalue weighted by atomic mass is 10.2. The summed E-state index contributed by atoms with van der Waals surface area (Å²) in [5, 5.41) is 0. The van der Waals surface area contributed by atoms with Gasteiger partial charge in [0.25, 0.3) is 11.5 Å². The Hall–Kier alpha value is -3.68. The van der Waals surface area contributed by atoms with Crippen LogP contribution < -0.4 is 16.4 Å². The molecule has 0 bridgehead atoms. The van der Waals surface area contributed by atoms with Crippen LogP contribution in [0.15, 0.2) is 70.0 Å². The van der Waals surface area contributed by atoms with Crippen molar-refractivity contribution < 1.29 is 18.4 Å². The van der Waals surface area contributed by atoms with Crippen LogP contribution in [0.1, 0.15) is 10.6 Å². The number of hydrogen-bond acceptors (Lipinski definition) is 4. The third-order valence-electron chi connectivity index (χ3n) is 3.49. The van der Waals surface area contributed by atoms with Crippen LogP contribution in [-0.2, 0) is 11.3 Å². The molecule has 2 aromatic heterocycles. The van der Waals surface area contributed by atoms with Crippen LogP contribution >= 0.6 is 0 Å². The minimum absolute atomic E-state index is 0.0264. The number of carbonyl (C=O) groups is 2. The van der Waals surface area contributed by atoms with Crippen LogP contribution in [0.4, 0.5) is 4.39 Å². The van der Waals surface area contributed by atoms with E-state index in [0.29, 0.717) is 11.3 Å². The van der Waals surface area contributed by atoms with Gasteiger partial charge in [0.2, 0.25) is 0 Å². The maximum Gasteiger partial charge on any atom is 0.305 e. The highest BCUT2D eigenvalue weighted by Crippen LogP contribution is 2.22. The zero-order valence-electron chi connectivity index (χ0n) is 13.4. The Kier molecular flexibility index (Phi) is 4.93. The summed E-state index contributed by atoms with van der Waals surface area (Å²) in [5.41, 5.74) is 4.69. The van der Waals surface area contributed by atoms with E-state index in [1.807, 2.05) is 0 Å². The van der Waals surface area contributed by atoms with Crippen molar-refractivity contribution in [1.29, 1.82) is 0 Å². The van der Waals surface area contributed by atoms with E-state index in [-0.39, 0.29) is 23.7 Å². The normalized spacial score (nSPS) is 10.3. The van der Waals surface area contributed by atoms with Gasteiger partial charge in [-0.2, -0.15) is 0 Å². The molecule has 7 nitrogen and oxygen atoms in total. The number of furan rings is 1. The van der Waals surface area contributed by atoms with Crippen molar-refractivity contribution in [2.45, 2.75) is 6.54 Å². The first-order valence-electron chi connectivity index (χ1n) is 7.63. The fraction of sp³-hybridized carbons (Fsp3) is 0.0556.